The van der Waals surface area contributed by atoms with E-state index >= 15 is 0 Å². The minimum atomic E-state index is -6.58. The van der Waals surface area contributed by atoms with E-state index in [0.717, 1.165) is 0 Å². The maximum Gasteiger partial charge on any atom is 0.460 e. The SMILES string of the molecule is O=C(OCc1cccc(Br)c1)C(F)(F)C(F)(F)C(F)(F)F. The van der Waals surface area contributed by atoms with Crippen LogP contribution in [0, 0.1) is 0 Å². The lowest BCUT2D eigenvalue weighted by molar-refractivity contribution is -0.348. The van der Waals surface area contributed by atoms with Gasteiger partial charge in [-0.1, -0.05) is 28.1 Å². The molecule has 1 rings (SSSR count). The topological polar surface area (TPSA) is 26.3 Å². The molecule has 0 aliphatic rings. The second-order valence-corrected chi connectivity index (χ2v) is 4.77. The zero-order chi connectivity index (χ0) is 16.5. The minimum absolute atomic E-state index is 0.129. The van der Waals surface area contributed by atoms with E-state index < -0.39 is 30.6 Å². The summed E-state index contributed by atoms with van der Waals surface area (Å²) in [5.74, 6) is -15.5. The van der Waals surface area contributed by atoms with Crippen molar-refractivity contribution in [1.29, 1.82) is 0 Å². The van der Waals surface area contributed by atoms with Gasteiger partial charge in [-0.05, 0) is 17.7 Å². The van der Waals surface area contributed by atoms with Gasteiger partial charge in [0.2, 0.25) is 0 Å². The lowest BCUT2D eigenvalue weighted by Crippen LogP contribution is -2.56. The molecule has 0 bridgehead atoms. The molecule has 0 amide bonds. The lowest BCUT2D eigenvalue weighted by Gasteiger charge is -2.26. The summed E-state index contributed by atoms with van der Waals surface area (Å²) in [5.41, 5.74) is 0.129. The summed E-state index contributed by atoms with van der Waals surface area (Å²) in [4.78, 5) is 10.9. The molecule has 118 valence electrons. The number of alkyl halides is 7. The highest BCUT2D eigenvalue weighted by molar-refractivity contribution is 9.10. The Morgan fingerprint density at radius 3 is 2.14 bits per heavy atom. The van der Waals surface area contributed by atoms with Crippen LogP contribution in [0.2, 0.25) is 0 Å². The van der Waals surface area contributed by atoms with Crippen LogP contribution in [0.25, 0.3) is 0 Å². The highest BCUT2D eigenvalue weighted by atomic mass is 79.9. The number of hydrogen-bond acceptors (Lipinski definition) is 2. The number of ether oxygens (including phenoxy) is 1. The van der Waals surface area contributed by atoms with E-state index in [1.54, 1.807) is 0 Å². The lowest BCUT2D eigenvalue weighted by atomic mass is 10.1. The first-order chi connectivity index (χ1) is 9.39. The summed E-state index contributed by atoms with van der Waals surface area (Å²) in [6.07, 6.45) is -6.58. The molecule has 0 unspecified atom stereocenters. The molecule has 0 fully saturated rings. The average Bonchev–Trinajstić information content (AvgIpc) is 2.34. The Morgan fingerprint density at radius 2 is 1.67 bits per heavy atom. The predicted molar refractivity (Wildman–Crippen MR) is 59.9 cm³/mol. The van der Waals surface area contributed by atoms with Gasteiger partial charge in [0.25, 0.3) is 0 Å². The first-order valence-corrected chi connectivity index (χ1v) is 5.93. The zero-order valence-corrected chi connectivity index (χ0v) is 11.4. The fraction of sp³-hybridized carbons (Fsp3) is 0.364. The van der Waals surface area contributed by atoms with Gasteiger partial charge in [-0.25, -0.2) is 4.79 Å². The first-order valence-electron chi connectivity index (χ1n) is 5.13. The molecule has 0 aromatic heterocycles. The van der Waals surface area contributed by atoms with E-state index in [1.807, 2.05) is 0 Å². The average molecular weight is 383 g/mol. The predicted octanol–water partition coefficient (Wildman–Crippen LogP) is 4.33. The first kappa shape index (κ1) is 17.7. The van der Waals surface area contributed by atoms with E-state index in [4.69, 9.17) is 0 Å². The van der Waals surface area contributed by atoms with Gasteiger partial charge in [0.05, 0.1) is 0 Å². The van der Waals surface area contributed by atoms with E-state index in [-0.39, 0.29) is 5.56 Å². The van der Waals surface area contributed by atoms with Crippen LogP contribution in [-0.4, -0.2) is 24.0 Å². The van der Waals surface area contributed by atoms with Gasteiger partial charge in [0.1, 0.15) is 6.61 Å². The summed E-state index contributed by atoms with van der Waals surface area (Å²) in [6.45, 7) is -0.873. The third-order valence-corrected chi connectivity index (χ3v) is 2.76. The molecule has 0 aliphatic heterocycles. The second-order valence-electron chi connectivity index (χ2n) is 3.85. The fourth-order valence-corrected chi connectivity index (χ4v) is 1.62. The molecule has 0 radical (unpaired) electrons. The Balaban J connectivity index is 2.83. The number of carbonyl (C=O) groups is 1. The van der Waals surface area contributed by atoms with E-state index in [9.17, 15) is 35.5 Å². The van der Waals surface area contributed by atoms with Gasteiger partial charge in [-0.3, -0.25) is 0 Å². The molecule has 0 spiro atoms. The van der Waals surface area contributed by atoms with E-state index in [1.165, 1.54) is 24.3 Å². The zero-order valence-electron chi connectivity index (χ0n) is 9.86. The third kappa shape index (κ3) is 3.66. The fourth-order valence-electron chi connectivity index (χ4n) is 1.17. The van der Waals surface area contributed by atoms with Crippen molar-refractivity contribution < 1.29 is 40.3 Å². The summed E-state index contributed by atoms with van der Waals surface area (Å²) >= 11 is 3.01. The highest BCUT2D eigenvalue weighted by Gasteiger charge is 2.77. The normalized spacial score (nSPS) is 13.1. The molecule has 1 aromatic rings. The maximum absolute atomic E-state index is 12.9. The summed E-state index contributed by atoms with van der Waals surface area (Å²) < 4.78 is 90.9. The van der Waals surface area contributed by atoms with Crippen molar-refractivity contribution in [1.82, 2.24) is 0 Å². The van der Waals surface area contributed by atoms with Crippen LogP contribution < -0.4 is 0 Å². The molecule has 0 aliphatic carbocycles. The van der Waals surface area contributed by atoms with Gasteiger partial charge < -0.3 is 4.74 Å². The molecule has 2 nitrogen and oxygen atoms in total. The van der Waals surface area contributed by atoms with Gasteiger partial charge >= 0.3 is 24.0 Å². The highest BCUT2D eigenvalue weighted by Crippen LogP contribution is 2.47. The van der Waals surface area contributed by atoms with Crippen LogP contribution in [0.1, 0.15) is 5.56 Å². The Labute approximate surface area is 122 Å². The largest absolute Gasteiger partial charge is 0.460 e. The molecular formula is C11H6BrF7O2. The Morgan fingerprint density at radius 1 is 1.10 bits per heavy atom. The molecule has 0 saturated heterocycles. The summed E-state index contributed by atoms with van der Waals surface area (Å²) in [7, 11) is 0. The Bertz CT molecular complexity index is 528. The van der Waals surface area contributed by atoms with Crippen molar-refractivity contribution in [3.63, 3.8) is 0 Å². The third-order valence-electron chi connectivity index (χ3n) is 2.27. The Kier molecular flexibility index (Phi) is 4.91. The van der Waals surface area contributed by atoms with E-state index in [2.05, 4.69) is 20.7 Å². The molecular weight excluding hydrogens is 377 g/mol. The van der Waals surface area contributed by atoms with Crippen LogP contribution in [-0.2, 0) is 16.1 Å². The number of carbonyl (C=O) groups excluding carboxylic acids is 1. The standard InChI is InChI=1S/C11H6BrF7O2/c12-7-3-1-2-6(4-7)5-21-8(20)9(13,14)10(15,16)11(17,18)19/h1-4H,5H2. The quantitative estimate of drug-likeness (QED) is 0.572. The number of hydrogen-bond donors (Lipinski definition) is 0. The number of benzene rings is 1. The molecule has 21 heavy (non-hydrogen) atoms. The molecule has 0 saturated carbocycles. The summed E-state index contributed by atoms with van der Waals surface area (Å²) in [5, 5.41) is 0. The Hall–Kier alpha value is -1.32. The van der Waals surface area contributed by atoms with Crippen LogP contribution in [0.15, 0.2) is 28.7 Å². The molecule has 0 atom stereocenters. The van der Waals surface area contributed by atoms with Crippen molar-refractivity contribution in [2.45, 2.75) is 24.6 Å². The monoisotopic (exact) mass is 382 g/mol. The number of esters is 1. The number of rotatable bonds is 4. The van der Waals surface area contributed by atoms with Crippen LogP contribution in [0.3, 0.4) is 0 Å². The van der Waals surface area contributed by atoms with Crippen molar-refractivity contribution in [2.75, 3.05) is 0 Å². The number of halogens is 8. The van der Waals surface area contributed by atoms with Crippen molar-refractivity contribution in [2.24, 2.45) is 0 Å². The van der Waals surface area contributed by atoms with Crippen molar-refractivity contribution in [3.8, 4) is 0 Å². The van der Waals surface area contributed by atoms with E-state index in [0.29, 0.717) is 4.47 Å². The van der Waals surface area contributed by atoms with Gasteiger partial charge in [0.15, 0.2) is 0 Å². The molecule has 1 aromatic carbocycles. The second kappa shape index (κ2) is 5.82. The van der Waals surface area contributed by atoms with Crippen molar-refractivity contribution in [3.05, 3.63) is 34.3 Å². The molecule has 10 heteroatoms. The van der Waals surface area contributed by atoms with Crippen LogP contribution in [0.5, 0.6) is 0 Å². The van der Waals surface area contributed by atoms with Gasteiger partial charge in [-0.15, -0.1) is 0 Å². The molecule has 0 N–H and O–H groups in total. The maximum atomic E-state index is 12.9. The smallest absolute Gasteiger partial charge is 0.456 e. The van der Waals surface area contributed by atoms with Crippen molar-refractivity contribution >= 4 is 21.9 Å². The minimum Gasteiger partial charge on any atom is -0.456 e. The van der Waals surface area contributed by atoms with Crippen LogP contribution in [0.4, 0.5) is 30.7 Å². The van der Waals surface area contributed by atoms with Gasteiger partial charge in [-0.2, -0.15) is 30.7 Å². The van der Waals surface area contributed by atoms with Crippen LogP contribution >= 0.6 is 15.9 Å². The molecule has 0 heterocycles. The van der Waals surface area contributed by atoms with Gasteiger partial charge in [0, 0.05) is 4.47 Å². The summed E-state index contributed by atoms with van der Waals surface area (Å²) in [6, 6.07) is 5.58.